The number of hydrogen-bond donors (Lipinski definition) is 2. The van der Waals surface area contributed by atoms with E-state index in [-0.39, 0.29) is 11.4 Å². The minimum Gasteiger partial charge on any atom is -0.346 e. The number of nitrogens with two attached hydrogens (primary N) is 1. The number of rotatable bonds is 4. The van der Waals surface area contributed by atoms with Gasteiger partial charge in [0.05, 0.1) is 5.54 Å². The zero-order valence-corrected chi connectivity index (χ0v) is 9.36. The van der Waals surface area contributed by atoms with Crippen LogP contribution in [0, 0.1) is 0 Å². The van der Waals surface area contributed by atoms with Crippen molar-refractivity contribution in [1.82, 2.24) is 5.32 Å². The van der Waals surface area contributed by atoms with E-state index >= 15 is 0 Å². The first-order valence-corrected chi connectivity index (χ1v) is 5.49. The monoisotopic (exact) mass is 212 g/mol. The fraction of sp³-hybridized carbons (Fsp3) is 0.500. The van der Waals surface area contributed by atoms with Gasteiger partial charge in [-0.3, -0.25) is 4.79 Å². The molecule has 0 atom stereocenters. The molecule has 14 heavy (non-hydrogen) atoms. The van der Waals surface area contributed by atoms with E-state index in [0.29, 0.717) is 13.0 Å². The number of amides is 1. The Bertz CT molecular complexity index is 293. The molecule has 0 aliphatic carbocycles. The molecule has 0 saturated carbocycles. The van der Waals surface area contributed by atoms with Crippen LogP contribution in [-0.2, 0) is 10.3 Å². The molecule has 1 aromatic rings. The molecular formula is C10H16N2OS. The normalized spacial score (nSPS) is 11.4. The number of carbonyl (C=O) groups is 1. The summed E-state index contributed by atoms with van der Waals surface area (Å²) in [6, 6.07) is 4.00. The van der Waals surface area contributed by atoms with Gasteiger partial charge in [0.25, 0.3) is 0 Å². The predicted octanol–water partition coefficient (Wildman–Crippen LogP) is 1.45. The van der Waals surface area contributed by atoms with E-state index in [1.54, 1.807) is 11.3 Å². The quantitative estimate of drug-likeness (QED) is 0.793. The molecule has 0 saturated heterocycles. The van der Waals surface area contributed by atoms with E-state index in [1.807, 2.05) is 31.4 Å². The summed E-state index contributed by atoms with van der Waals surface area (Å²) in [5.74, 6) is 0.00546. The molecule has 1 heterocycles. The molecule has 1 rings (SSSR count). The first kappa shape index (κ1) is 11.2. The Balaban J connectivity index is 2.63. The Kier molecular flexibility index (Phi) is 3.66. The van der Waals surface area contributed by atoms with Crippen molar-refractivity contribution in [3.63, 3.8) is 0 Å². The maximum absolute atomic E-state index is 11.4. The van der Waals surface area contributed by atoms with Crippen LogP contribution in [0.1, 0.15) is 25.1 Å². The standard InChI is InChI=1S/C10H16N2OS/c1-10(2,8-4-3-7-14-8)12-9(13)5-6-11/h3-4,7H,5-6,11H2,1-2H3,(H,12,13). The molecular weight excluding hydrogens is 196 g/mol. The summed E-state index contributed by atoms with van der Waals surface area (Å²) in [4.78, 5) is 12.5. The van der Waals surface area contributed by atoms with Crippen LogP contribution in [-0.4, -0.2) is 12.5 Å². The van der Waals surface area contributed by atoms with Crippen LogP contribution in [0.5, 0.6) is 0 Å². The third-order valence-corrected chi connectivity index (χ3v) is 3.15. The molecule has 78 valence electrons. The lowest BCUT2D eigenvalue weighted by Crippen LogP contribution is -2.41. The fourth-order valence-corrected chi connectivity index (χ4v) is 2.04. The lowest BCUT2D eigenvalue weighted by atomic mass is 10.0. The average molecular weight is 212 g/mol. The maximum atomic E-state index is 11.4. The SMILES string of the molecule is CC(C)(NC(=O)CCN)c1cccs1. The Morgan fingerprint density at radius 2 is 2.36 bits per heavy atom. The Labute approximate surface area is 88.3 Å². The summed E-state index contributed by atoms with van der Waals surface area (Å²) >= 11 is 1.64. The van der Waals surface area contributed by atoms with Gasteiger partial charge in [-0.05, 0) is 25.3 Å². The van der Waals surface area contributed by atoms with Crippen molar-refractivity contribution in [2.75, 3.05) is 6.54 Å². The Hall–Kier alpha value is -0.870. The second kappa shape index (κ2) is 4.57. The van der Waals surface area contributed by atoms with Gasteiger partial charge < -0.3 is 11.1 Å². The van der Waals surface area contributed by atoms with Gasteiger partial charge in [-0.1, -0.05) is 6.07 Å². The smallest absolute Gasteiger partial charge is 0.221 e. The highest BCUT2D eigenvalue weighted by Gasteiger charge is 2.22. The predicted molar refractivity (Wildman–Crippen MR) is 59.2 cm³/mol. The average Bonchev–Trinajstić information content (AvgIpc) is 2.54. The highest BCUT2D eigenvalue weighted by Crippen LogP contribution is 2.24. The van der Waals surface area contributed by atoms with Crippen LogP contribution in [0.4, 0.5) is 0 Å². The van der Waals surface area contributed by atoms with Gasteiger partial charge in [-0.2, -0.15) is 0 Å². The molecule has 0 bridgehead atoms. The highest BCUT2D eigenvalue weighted by molar-refractivity contribution is 7.10. The van der Waals surface area contributed by atoms with Crippen molar-refractivity contribution < 1.29 is 4.79 Å². The van der Waals surface area contributed by atoms with E-state index in [4.69, 9.17) is 5.73 Å². The molecule has 1 aromatic heterocycles. The lowest BCUT2D eigenvalue weighted by Gasteiger charge is -2.24. The van der Waals surface area contributed by atoms with Crippen LogP contribution in [0.3, 0.4) is 0 Å². The van der Waals surface area contributed by atoms with Crippen molar-refractivity contribution >= 4 is 17.2 Å². The van der Waals surface area contributed by atoms with Gasteiger partial charge in [0, 0.05) is 17.8 Å². The van der Waals surface area contributed by atoms with Crippen LogP contribution >= 0.6 is 11.3 Å². The van der Waals surface area contributed by atoms with E-state index in [2.05, 4.69) is 5.32 Å². The minimum absolute atomic E-state index is 0.00546. The molecule has 0 aliphatic heterocycles. The van der Waals surface area contributed by atoms with Crippen LogP contribution in [0.2, 0.25) is 0 Å². The minimum atomic E-state index is -0.291. The van der Waals surface area contributed by atoms with Crippen LogP contribution in [0.25, 0.3) is 0 Å². The molecule has 3 N–H and O–H groups in total. The molecule has 0 fully saturated rings. The lowest BCUT2D eigenvalue weighted by molar-refractivity contribution is -0.122. The van der Waals surface area contributed by atoms with Gasteiger partial charge >= 0.3 is 0 Å². The van der Waals surface area contributed by atoms with Crippen LogP contribution < -0.4 is 11.1 Å². The summed E-state index contributed by atoms with van der Waals surface area (Å²) in [7, 11) is 0. The fourth-order valence-electron chi connectivity index (χ4n) is 1.24. The zero-order chi connectivity index (χ0) is 10.6. The third kappa shape index (κ3) is 2.82. The molecule has 0 unspecified atom stereocenters. The molecule has 0 aromatic carbocycles. The second-order valence-electron chi connectivity index (χ2n) is 3.69. The molecule has 0 aliphatic rings. The summed E-state index contributed by atoms with van der Waals surface area (Å²) in [5, 5.41) is 4.96. The van der Waals surface area contributed by atoms with E-state index in [0.717, 1.165) is 4.88 Å². The number of hydrogen-bond acceptors (Lipinski definition) is 3. The van der Waals surface area contributed by atoms with E-state index in [1.165, 1.54) is 0 Å². The molecule has 0 spiro atoms. The van der Waals surface area contributed by atoms with Gasteiger partial charge in [0.2, 0.25) is 5.91 Å². The van der Waals surface area contributed by atoms with Crippen molar-refractivity contribution in [1.29, 1.82) is 0 Å². The number of thiophene rings is 1. The summed E-state index contributed by atoms with van der Waals surface area (Å²) in [6.45, 7) is 4.38. The van der Waals surface area contributed by atoms with Gasteiger partial charge in [-0.15, -0.1) is 11.3 Å². The third-order valence-electron chi connectivity index (χ3n) is 1.96. The molecule has 0 radical (unpaired) electrons. The summed E-state index contributed by atoms with van der Waals surface area (Å²) < 4.78 is 0. The first-order chi connectivity index (χ1) is 6.56. The van der Waals surface area contributed by atoms with Crippen molar-refractivity contribution in [3.05, 3.63) is 22.4 Å². The largest absolute Gasteiger partial charge is 0.346 e. The molecule has 4 heteroatoms. The van der Waals surface area contributed by atoms with Gasteiger partial charge in [0.15, 0.2) is 0 Å². The molecule has 1 amide bonds. The van der Waals surface area contributed by atoms with Gasteiger partial charge in [0.1, 0.15) is 0 Å². The van der Waals surface area contributed by atoms with Crippen LogP contribution in [0.15, 0.2) is 17.5 Å². The Morgan fingerprint density at radius 3 is 2.86 bits per heavy atom. The zero-order valence-electron chi connectivity index (χ0n) is 8.54. The van der Waals surface area contributed by atoms with Crippen molar-refractivity contribution in [3.8, 4) is 0 Å². The topological polar surface area (TPSA) is 55.1 Å². The Morgan fingerprint density at radius 1 is 1.64 bits per heavy atom. The summed E-state index contributed by atoms with van der Waals surface area (Å²) in [6.07, 6.45) is 0.384. The maximum Gasteiger partial charge on any atom is 0.221 e. The number of carbonyl (C=O) groups excluding carboxylic acids is 1. The number of nitrogens with one attached hydrogen (secondary N) is 1. The summed E-state index contributed by atoms with van der Waals surface area (Å²) in [5.41, 5.74) is 5.02. The van der Waals surface area contributed by atoms with Crippen molar-refractivity contribution in [2.45, 2.75) is 25.8 Å². The van der Waals surface area contributed by atoms with E-state index in [9.17, 15) is 4.79 Å². The van der Waals surface area contributed by atoms with E-state index < -0.39 is 0 Å². The second-order valence-corrected chi connectivity index (χ2v) is 4.64. The molecule has 3 nitrogen and oxygen atoms in total. The van der Waals surface area contributed by atoms with Gasteiger partial charge in [-0.25, -0.2) is 0 Å². The van der Waals surface area contributed by atoms with Crippen molar-refractivity contribution in [2.24, 2.45) is 5.73 Å². The highest BCUT2D eigenvalue weighted by atomic mass is 32.1. The first-order valence-electron chi connectivity index (χ1n) is 4.61.